The number of allylic oxidation sites excluding steroid dienone is 2. The Kier molecular flexibility index (Phi) is 8.79. The molecular weight excluding hydrogens is 675 g/mol. The second-order valence-electron chi connectivity index (χ2n) is 19.4. The average molecular weight is 734 g/mol. The van der Waals surface area contributed by atoms with Crippen molar-refractivity contribution in [2.24, 2.45) is 50.2 Å². The Morgan fingerprint density at radius 1 is 0.923 bits per heavy atom. The number of aromatic nitrogens is 3. The van der Waals surface area contributed by atoms with Gasteiger partial charge in [-0.3, -0.25) is 9.59 Å². The van der Waals surface area contributed by atoms with Crippen LogP contribution in [0.5, 0.6) is 0 Å². The molecule has 5 aliphatic rings. The molecule has 9 nitrogen and oxygen atoms in total. The Hall–Kier alpha value is -3.01. The van der Waals surface area contributed by atoms with Crippen molar-refractivity contribution in [1.82, 2.24) is 14.4 Å². The number of rotatable bonds is 7. The van der Waals surface area contributed by atoms with Gasteiger partial charge in [-0.1, -0.05) is 83.0 Å². The number of ether oxygens (including phenoxy) is 1. The molecule has 7 rings (SSSR count). The second-order valence-corrected chi connectivity index (χ2v) is 21.2. The zero-order valence-electron chi connectivity index (χ0n) is 32.5. The highest BCUT2D eigenvalue weighted by atomic mass is 32.2. The van der Waals surface area contributed by atoms with Gasteiger partial charge in [0.1, 0.15) is 6.10 Å². The van der Waals surface area contributed by atoms with Crippen LogP contribution in [0.1, 0.15) is 130 Å². The van der Waals surface area contributed by atoms with E-state index < -0.39 is 21.4 Å². The molecule has 5 aliphatic carbocycles. The van der Waals surface area contributed by atoms with E-state index in [1.54, 1.807) is 24.3 Å². The van der Waals surface area contributed by atoms with Gasteiger partial charge in [0.25, 0.3) is 10.0 Å². The van der Waals surface area contributed by atoms with E-state index in [9.17, 15) is 23.1 Å². The maximum Gasteiger partial charge on any atom is 0.310 e. The summed E-state index contributed by atoms with van der Waals surface area (Å²) in [5.74, 6) is 0.0625. The van der Waals surface area contributed by atoms with E-state index in [0.29, 0.717) is 17.5 Å². The van der Waals surface area contributed by atoms with Crippen molar-refractivity contribution in [2.75, 3.05) is 0 Å². The fourth-order valence-corrected chi connectivity index (χ4v) is 13.7. The number of carboxylic acids is 1. The van der Waals surface area contributed by atoms with Gasteiger partial charge in [0, 0.05) is 11.8 Å². The predicted molar refractivity (Wildman–Crippen MR) is 199 cm³/mol. The van der Waals surface area contributed by atoms with Crippen molar-refractivity contribution in [3.8, 4) is 0 Å². The van der Waals surface area contributed by atoms with Crippen molar-refractivity contribution in [2.45, 2.75) is 143 Å². The number of carbonyl (C=O) groups excluding carboxylic acids is 1. The van der Waals surface area contributed by atoms with Crippen LogP contribution in [0.4, 0.5) is 0 Å². The van der Waals surface area contributed by atoms with Gasteiger partial charge in [-0.2, -0.15) is 8.42 Å². The standard InChI is InChI=1S/C42H59N3O6S/c1-27-9-12-29(13-10-27)52(49,50)45-26-28(43-44-45)11-16-35(46)51-34-18-19-39(6)32(38(34,4)5)17-20-41(8)33(39)15-14-30-31-25-37(2,3)21-23-42(31,36(47)48)24-22-40(30,41)7/h9-10,12-14,26,31-34H,11,15-25H2,1-8H3,(H,47,48)/t31-,32-,33+,34-,39-,40+,41+,42-/m0/s1. The summed E-state index contributed by atoms with van der Waals surface area (Å²) in [7, 11) is -3.87. The highest BCUT2D eigenvalue weighted by Gasteiger charge is 2.69. The third kappa shape index (κ3) is 5.54. The van der Waals surface area contributed by atoms with Crippen LogP contribution < -0.4 is 0 Å². The quantitative estimate of drug-likeness (QED) is 0.222. The number of hydrogen-bond donors (Lipinski definition) is 1. The van der Waals surface area contributed by atoms with Gasteiger partial charge in [-0.15, -0.1) is 9.19 Å². The molecule has 4 saturated carbocycles. The Bertz CT molecular complexity index is 1900. The maximum atomic E-state index is 13.3. The van der Waals surface area contributed by atoms with Gasteiger partial charge in [-0.25, -0.2) is 0 Å². The van der Waals surface area contributed by atoms with Gasteiger partial charge in [0.2, 0.25) is 0 Å². The van der Waals surface area contributed by atoms with Crippen molar-refractivity contribution in [3.63, 3.8) is 0 Å². The average Bonchev–Trinajstić information content (AvgIpc) is 3.55. The lowest BCUT2D eigenvalue weighted by atomic mass is 9.33. The molecule has 1 aromatic heterocycles. The SMILES string of the molecule is Cc1ccc(S(=O)(=O)n2cc(CCC(=O)O[C@H]3CC[C@]4(C)[C@H]5CC=C6[C@@H]7CC(C)(C)CC[C@]7(C(=O)O)CC[C@@]6(C)[C@]5(C)CC[C@H]4C3(C)C)nn2)cc1. The molecule has 1 N–H and O–H groups in total. The predicted octanol–water partition coefficient (Wildman–Crippen LogP) is 8.55. The van der Waals surface area contributed by atoms with E-state index in [0.717, 1.165) is 73.9 Å². The van der Waals surface area contributed by atoms with Crippen molar-refractivity contribution in [1.29, 1.82) is 0 Å². The van der Waals surface area contributed by atoms with Gasteiger partial charge in [-0.05, 0) is 123 Å². The molecule has 0 aliphatic heterocycles. The van der Waals surface area contributed by atoms with Crippen molar-refractivity contribution >= 4 is 22.0 Å². The number of carbonyl (C=O) groups is 2. The topological polar surface area (TPSA) is 128 Å². The van der Waals surface area contributed by atoms with Gasteiger partial charge in [0.15, 0.2) is 0 Å². The summed E-state index contributed by atoms with van der Waals surface area (Å²) in [5, 5.41) is 18.6. The first-order valence-electron chi connectivity index (χ1n) is 19.6. The van der Waals surface area contributed by atoms with Crippen LogP contribution in [0.3, 0.4) is 0 Å². The van der Waals surface area contributed by atoms with Gasteiger partial charge >= 0.3 is 11.9 Å². The maximum absolute atomic E-state index is 13.3. The lowest BCUT2D eigenvalue weighted by Crippen LogP contribution is -2.65. The van der Waals surface area contributed by atoms with Gasteiger partial charge < -0.3 is 9.84 Å². The summed E-state index contributed by atoms with van der Waals surface area (Å²) in [6.45, 7) is 18.6. The highest BCUT2D eigenvalue weighted by molar-refractivity contribution is 7.89. The summed E-state index contributed by atoms with van der Waals surface area (Å²) >= 11 is 0. The Balaban J connectivity index is 1.05. The largest absolute Gasteiger partial charge is 0.481 e. The molecule has 4 fully saturated rings. The van der Waals surface area contributed by atoms with E-state index in [-0.39, 0.29) is 62.8 Å². The molecule has 0 unspecified atom stereocenters. The minimum Gasteiger partial charge on any atom is -0.481 e. The smallest absolute Gasteiger partial charge is 0.310 e. The molecule has 0 saturated heterocycles. The minimum atomic E-state index is -3.87. The molecule has 284 valence electrons. The van der Waals surface area contributed by atoms with Crippen LogP contribution in [0.25, 0.3) is 0 Å². The van der Waals surface area contributed by atoms with E-state index >= 15 is 0 Å². The summed E-state index contributed by atoms with van der Waals surface area (Å²) < 4.78 is 33.2. The number of fused-ring (bicyclic) bond motifs is 7. The first kappa shape index (κ1) is 37.3. The molecule has 0 bridgehead atoms. The molecule has 8 atom stereocenters. The van der Waals surface area contributed by atoms with Crippen molar-refractivity contribution < 1.29 is 27.9 Å². The molecule has 1 heterocycles. The number of hydrogen-bond acceptors (Lipinski definition) is 7. The number of benzene rings is 1. The zero-order chi connectivity index (χ0) is 37.7. The van der Waals surface area contributed by atoms with E-state index in [2.05, 4.69) is 64.9 Å². The van der Waals surface area contributed by atoms with E-state index in [1.165, 1.54) is 11.8 Å². The first-order chi connectivity index (χ1) is 24.2. The lowest BCUT2D eigenvalue weighted by molar-refractivity contribution is -0.213. The number of esters is 1. The normalized spacial score (nSPS) is 37.7. The summed E-state index contributed by atoms with van der Waals surface area (Å²) in [5.41, 5.74) is 2.22. The fraction of sp³-hybridized carbons (Fsp3) is 0.714. The molecule has 52 heavy (non-hydrogen) atoms. The van der Waals surface area contributed by atoms with Gasteiger partial charge in [0.05, 0.1) is 28.6 Å². The summed E-state index contributed by atoms with van der Waals surface area (Å²) in [6.07, 6.45) is 13.4. The summed E-state index contributed by atoms with van der Waals surface area (Å²) in [6, 6.07) is 6.58. The molecular formula is C42H59N3O6S. The van der Waals surface area contributed by atoms with E-state index in [4.69, 9.17) is 4.74 Å². The van der Waals surface area contributed by atoms with Crippen LogP contribution >= 0.6 is 0 Å². The first-order valence-corrected chi connectivity index (χ1v) is 21.0. The monoisotopic (exact) mass is 733 g/mol. The molecule has 10 heteroatoms. The van der Waals surface area contributed by atoms with Crippen molar-refractivity contribution in [3.05, 3.63) is 53.4 Å². The Labute approximate surface area is 310 Å². The third-order valence-electron chi connectivity index (χ3n) is 15.9. The molecule has 2 aromatic rings. The number of aliphatic carboxylic acids is 1. The number of carboxylic acid groups (broad SMARTS) is 1. The van der Waals surface area contributed by atoms with Crippen LogP contribution in [-0.2, 0) is 30.8 Å². The molecule has 1 aromatic carbocycles. The number of aryl methyl sites for hydroxylation is 2. The third-order valence-corrected chi connectivity index (χ3v) is 17.5. The Morgan fingerprint density at radius 3 is 2.31 bits per heavy atom. The molecule has 0 spiro atoms. The Morgan fingerprint density at radius 2 is 1.62 bits per heavy atom. The van der Waals surface area contributed by atoms with Crippen LogP contribution in [0.2, 0.25) is 0 Å². The zero-order valence-corrected chi connectivity index (χ0v) is 33.3. The number of nitrogens with zero attached hydrogens (tertiary/aromatic N) is 3. The van der Waals surface area contributed by atoms with E-state index in [1.807, 2.05) is 6.92 Å². The highest BCUT2D eigenvalue weighted by Crippen LogP contribution is 2.75. The second kappa shape index (κ2) is 12.3. The minimum absolute atomic E-state index is 0.0320. The fourth-order valence-electron chi connectivity index (χ4n) is 12.6. The van der Waals surface area contributed by atoms with Crippen LogP contribution in [0, 0.1) is 57.2 Å². The molecule has 0 radical (unpaired) electrons. The lowest BCUT2D eigenvalue weighted by Gasteiger charge is -2.71. The van der Waals surface area contributed by atoms with Crippen LogP contribution in [-0.4, -0.2) is 46.0 Å². The summed E-state index contributed by atoms with van der Waals surface area (Å²) in [4.78, 5) is 26.5. The van der Waals surface area contributed by atoms with Crippen LogP contribution in [0.15, 0.2) is 47.0 Å². The molecule has 0 amide bonds.